The molecule has 2 aliphatic rings. The molecule has 0 saturated heterocycles. The van der Waals surface area contributed by atoms with Gasteiger partial charge in [0.2, 0.25) is 0 Å². The largest absolute Gasteiger partial charge is 0.493 e. The number of hydrogen-bond donors (Lipinski definition) is 1. The molecule has 2 atom stereocenters. The van der Waals surface area contributed by atoms with Gasteiger partial charge in [-0.15, -0.1) is 0 Å². The standard InChI is InChI=1S/C13H16ClNOS/c1-2-10-12(15)11-8(6-17-10)13-7(3-4-16-13)5-9(11)14/h5,10,12H,2-4,6,15H2,1H3. The normalized spacial score (nSPS) is 26.3. The van der Waals surface area contributed by atoms with E-state index in [4.69, 9.17) is 22.1 Å². The Hall–Kier alpha value is -0.380. The molecule has 0 spiro atoms. The molecule has 0 aromatic heterocycles. The number of benzene rings is 1. The highest BCUT2D eigenvalue weighted by Gasteiger charge is 2.32. The Morgan fingerprint density at radius 3 is 3.18 bits per heavy atom. The van der Waals surface area contributed by atoms with Gasteiger partial charge in [-0.1, -0.05) is 18.5 Å². The van der Waals surface area contributed by atoms with Crippen molar-refractivity contribution in [3.63, 3.8) is 0 Å². The maximum absolute atomic E-state index is 6.40. The van der Waals surface area contributed by atoms with Crippen molar-refractivity contribution in [1.82, 2.24) is 0 Å². The van der Waals surface area contributed by atoms with Crippen molar-refractivity contribution in [2.45, 2.75) is 36.8 Å². The van der Waals surface area contributed by atoms with E-state index < -0.39 is 0 Å². The van der Waals surface area contributed by atoms with E-state index in [1.165, 1.54) is 11.1 Å². The van der Waals surface area contributed by atoms with Crippen LogP contribution in [-0.2, 0) is 12.2 Å². The molecule has 0 saturated carbocycles. The molecule has 1 aromatic rings. The van der Waals surface area contributed by atoms with Crippen LogP contribution in [0.4, 0.5) is 0 Å². The van der Waals surface area contributed by atoms with Gasteiger partial charge in [0.05, 0.1) is 6.61 Å². The van der Waals surface area contributed by atoms with Gasteiger partial charge >= 0.3 is 0 Å². The molecule has 92 valence electrons. The minimum Gasteiger partial charge on any atom is -0.493 e. The predicted octanol–water partition coefficient (Wildman–Crippen LogP) is 3.30. The average Bonchev–Trinajstić information content (AvgIpc) is 2.77. The minimum atomic E-state index is 0.0377. The van der Waals surface area contributed by atoms with Crippen molar-refractivity contribution in [3.8, 4) is 5.75 Å². The lowest BCUT2D eigenvalue weighted by Crippen LogP contribution is -2.28. The summed E-state index contributed by atoms with van der Waals surface area (Å²) >= 11 is 8.32. The van der Waals surface area contributed by atoms with Crippen molar-refractivity contribution in [2.24, 2.45) is 5.73 Å². The van der Waals surface area contributed by atoms with Crippen molar-refractivity contribution in [2.75, 3.05) is 6.61 Å². The number of hydrogen-bond acceptors (Lipinski definition) is 3. The van der Waals surface area contributed by atoms with Crippen LogP contribution in [0.1, 0.15) is 36.1 Å². The van der Waals surface area contributed by atoms with Gasteiger partial charge in [0, 0.05) is 34.1 Å². The number of halogens is 1. The van der Waals surface area contributed by atoms with Crippen LogP contribution in [0.2, 0.25) is 5.02 Å². The van der Waals surface area contributed by atoms with Crippen LogP contribution in [-0.4, -0.2) is 11.9 Å². The third-order valence-electron chi connectivity index (χ3n) is 3.64. The SMILES string of the molecule is CCC1SCc2c3c(cc(Cl)c2C1N)CCO3. The number of fused-ring (bicyclic) bond motifs is 3. The van der Waals surface area contributed by atoms with Crippen molar-refractivity contribution in [1.29, 1.82) is 0 Å². The summed E-state index contributed by atoms with van der Waals surface area (Å²) in [5.41, 5.74) is 9.95. The van der Waals surface area contributed by atoms with Gasteiger partial charge in [-0.05, 0) is 23.6 Å². The van der Waals surface area contributed by atoms with Crippen LogP contribution < -0.4 is 10.5 Å². The molecule has 2 aliphatic heterocycles. The Labute approximate surface area is 111 Å². The second-order valence-corrected chi connectivity index (χ2v) is 6.26. The molecule has 4 heteroatoms. The summed E-state index contributed by atoms with van der Waals surface area (Å²) in [7, 11) is 0. The van der Waals surface area contributed by atoms with Crippen LogP contribution in [0.5, 0.6) is 5.75 Å². The van der Waals surface area contributed by atoms with E-state index in [0.29, 0.717) is 5.25 Å². The van der Waals surface area contributed by atoms with Gasteiger partial charge in [0.1, 0.15) is 5.75 Å². The fourth-order valence-corrected chi connectivity index (χ4v) is 4.36. The summed E-state index contributed by atoms with van der Waals surface area (Å²) < 4.78 is 5.74. The molecule has 0 radical (unpaired) electrons. The molecule has 0 bridgehead atoms. The van der Waals surface area contributed by atoms with Crippen molar-refractivity contribution >= 4 is 23.4 Å². The number of ether oxygens (including phenoxy) is 1. The summed E-state index contributed by atoms with van der Waals surface area (Å²) in [5.74, 6) is 2.03. The first-order valence-electron chi connectivity index (χ1n) is 6.06. The molecule has 2 heterocycles. The zero-order valence-corrected chi connectivity index (χ0v) is 11.4. The Bertz CT molecular complexity index is 463. The Balaban J connectivity index is 2.14. The molecule has 1 aromatic carbocycles. The average molecular weight is 270 g/mol. The van der Waals surface area contributed by atoms with Crippen molar-refractivity contribution < 1.29 is 4.74 Å². The summed E-state index contributed by atoms with van der Waals surface area (Å²) in [6.45, 7) is 2.96. The molecule has 2 nitrogen and oxygen atoms in total. The molecule has 17 heavy (non-hydrogen) atoms. The lowest BCUT2D eigenvalue weighted by molar-refractivity contribution is 0.353. The quantitative estimate of drug-likeness (QED) is 0.850. The second kappa shape index (κ2) is 4.38. The molecule has 0 amide bonds. The lowest BCUT2D eigenvalue weighted by atomic mass is 9.94. The highest BCUT2D eigenvalue weighted by Crippen LogP contribution is 2.47. The van der Waals surface area contributed by atoms with E-state index in [-0.39, 0.29) is 6.04 Å². The zero-order chi connectivity index (χ0) is 12.0. The first-order chi connectivity index (χ1) is 8.22. The molecule has 0 fully saturated rings. The summed E-state index contributed by atoms with van der Waals surface area (Å²) in [5, 5.41) is 1.30. The first kappa shape index (κ1) is 11.7. The Morgan fingerprint density at radius 2 is 2.41 bits per heavy atom. The highest BCUT2D eigenvalue weighted by molar-refractivity contribution is 7.99. The Kier molecular flexibility index (Phi) is 3.01. The third-order valence-corrected chi connectivity index (χ3v) is 5.47. The Morgan fingerprint density at radius 1 is 1.59 bits per heavy atom. The number of thioether (sulfide) groups is 1. The predicted molar refractivity (Wildman–Crippen MR) is 73.0 cm³/mol. The minimum absolute atomic E-state index is 0.0377. The van der Waals surface area contributed by atoms with Crippen LogP contribution >= 0.6 is 23.4 Å². The number of nitrogens with two attached hydrogens (primary N) is 1. The smallest absolute Gasteiger partial charge is 0.127 e. The summed E-state index contributed by atoms with van der Waals surface area (Å²) in [6.07, 6.45) is 2.05. The maximum Gasteiger partial charge on any atom is 0.127 e. The number of rotatable bonds is 1. The van der Waals surface area contributed by atoms with Crippen LogP contribution in [0.3, 0.4) is 0 Å². The fourth-order valence-electron chi connectivity index (χ4n) is 2.74. The van der Waals surface area contributed by atoms with E-state index in [9.17, 15) is 0 Å². The van der Waals surface area contributed by atoms with Gasteiger partial charge in [-0.25, -0.2) is 0 Å². The van der Waals surface area contributed by atoms with E-state index >= 15 is 0 Å². The molecular formula is C13H16ClNOS. The molecule has 3 rings (SSSR count). The summed E-state index contributed by atoms with van der Waals surface area (Å²) in [4.78, 5) is 0. The first-order valence-corrected chi connectivity index (χ1v) is 7.49. The maximum atomic E-state index is 6.40. The van der Waals surface area contributed by atoms with Gasteiger partial charge in [-0.2, -0.15) is 11.8 Å². The van der Waals surface area contributed by atoms with Gasteiger partial charge < -0.3 is 10.5 Å². The summed E-state index contributed by atoms with van der Waals surface area (Å²) in [6, 6.07) is 2.08. The van der Waals surface area contributed by atoms with Gasteiger partial charge in [-0.3, -0.25) is 0 Å². The van der Waals surface area contributed by atoms with E-state index in [0.717, 1.165) is 41.5 Å². The van der Waals surface area contributed by atoms with Crippen LogP contribution in [0.15, 0.2) is 6.07 Å². The molecule has 2 N–H and O–H groups in total. The molecule has 0 aliphatic carbocycles. The van der Waals surface area contributed by atoms with E-state index in [1.54, 1.807) is 0 Å². The topological polar surface area (TPSA) is 35.2 Å². The van der Waals surface area contributed by atoms with Gasteiger partial charge in [0.25, 0.3) is 0 Å². The van der Waals surface area contributed by atoms with Crippen LogP contribution in [0.25, 0.3) is 0 Å². The van der Waals surface area contributed by atoms with E-state index in [2.05, 4.69) is 6.92 Å². The molecule has 2 unspecified atom stereocenters. The van der Waals surface area contributed by atoms with Gasteiger partial charge in [0.15, 0.2) is 0 Å². The second-order valence-electron chi connectivity index (χ2n) is 4.62. The fraction of sp³-hybridized carbons (Fsp3) is 0.538. The lowest BCUT2D eigenvalue weighted by Gasteiger charge is -2.31. The van der Waals surface area contributed by atoms with E-state index in [1.807, 2.05) is 17.8 Å². The van der Waals surface area contributed by atoms with Crippen molar-refractivity contribution in [3.05, 3.63) is 27.8 Å². The third kappa shape index (κ3) is 1.76. The molecular weight excluding hydrogens is 254 g/mol. The monoisotopic (exact) mass is 269 g/mol. The highest BCUT2D eigenvalue weighted by atomic mass is 35.5. The van der Waals surface area contributed by atoms with Crippen LogP contribution in [0, 0.1) is 0 Å². The zero-order valence-electron chi connectivity index (χ0n) is 9.83.